The van der Waals surface area contributed by atoms with Crippen molar-refractivity contribution < 1.29 is 23.5 Å². The topological polar surface area (TPSA) is 64.6 Å². The highest BCUT2D eigenvalue weighted by Gasteiger charge is 2.43. The van der Waals surface area contributed by atoms with Gasteiger partial charge < -0.3 is 14.8 Å². The van der Waals surface area contributed by atoms with Crippen molar-refractivity contribution in [2.75, 3.05) is 20.4 Å². The lowest BCUT2D eigenvalue weighted by atomic mass is 9.78. The number of alkyl halides is 1. The first-order chi connectivity index (χ1) is 11.6. The second-order valence-electron chi connectivity index (χ2n) is 5.60. The summed E-state index contributed by atoms with van der Waals surface area (Å²) in [5.74, 6) is -1.84. The molecule has 24 heavy (non-hydrogen) atoms. The SMILES string of the molecule is CCc1ccccc1C1C(C(=O)OC)=C(CF)NC2=C1C(=O)OC2. The Bertz CT molecular complexity index is 766. The largest absolute Gasteiger partial charge is 0.466 e. The molecule has 0 aliphatic carbocycles. The Morgan fingerprint density at radius 1 is 1.42 bits per heavy atom. The molecule has 5 nitrogen and oxygen atoms in total. The van der Waals surface area contributed by atoms with Crippen LogP contribution in [0.3, 0.4) is 0 Å². The standard InChI is InChI=1S/C18H18FNO4/c1-3-10-6-4-5-7-11(10)14-15(17(21)23-2)12(8-19)20-13-9-24-18(22)16(13)14/h4-7,14,20H,3,8-9H2,1-2H3. The van der Waals surface area contributed by atoms with Gasteiger partial charge in [-0.3, -0.25) is 0 Å². The van der Waals surface area contributed by atoms with Gasteiger partial charge in [0.2, 0.25) is 0 Å². The molecule has 0 amide bonds. The Morgan fingerprint density at radius 2 is 2.17 bits per heavy atom. The number of halogens is 1. The minimum atomic E-state index is -0.861. The molecule has 1 unspecified atom stereocenters. The maximum Gasteiger partial charge on any atom is 0.337 e. The summed E-state index contributed by atoms with van der Waals surface area (Å²) < 4.78 is 23.5. The predicted octanol–water partition coefficient (Wildman–Crippen LogP) is 2.14. The maximum absolute atomic E-state index is 13.6. The minimum absolute atomic E-state index is 0.0525. The van der Waals surface area contributed by atoms with Crippen molar-refractivity contribution in [3.05, 3.63) is 57.9 Å². The summed E-state index contributed by atoms with van der Waals surface area (Å²) in [4.78, 5) is 24.6. The number of aryl methyl sites for hydroxylation is 1. The number of methoxy groups -OCH3 is 1. The van der Waals surface area contributed by atoms with E-state index in [1.807, 2.05) is 31.2 Å². The number of esters is 2. The van der Waals surface area contributed by atoms with Crippen molar-refractivity contribution in [2.45, 2.75) is 19.3 Å². The van der Waals surface area contributed by atoms with E-state index in [9.17, 15) is 14.0 Å². The molecule has 0 radical (unpaired) electrons. The number of carbonyl (C=O) groups excluding carboxylic acids is 2. The fourth-order valence-corrected chi connectivity index (χ4v) is 3.29. The van der Waals surface area contributed by atoms with E-state index in [2.05, 4.69) is 5.32 Å². The first-order valence-corrected chi connectivity index (χ1v) is 7.74. The quantitative estimate of drug-likeness (QED) is 0.857. The molecule has 0 bridgehead atoms. The lowest BCUT2D eigenvalue weighted by molar-refractivity contribution is -0.136. The number of dihydropyridines is 1. The van der Waals surface area contributed by atoms with Gasteiger partial charge in [-0.2, -0.15) is 0 Å². The van der Waals surface area contributed by atoms with Crippen LogP contribution in [-0.4, -0.2) is 32.3 Å². The van der Waals surface area contributed by atoms with Gasteiger partial charge in [0.05, 0.1) is 35.6 Å². The summed E-state index contributed by atoms with van der Waals surface area (Å²) in [6, 6.07) is 7.51. The lowest BCUT2D eigenvalue weighted by Gasteiger charge is -2.28. The van der Waals surface area contributed by atoms with Crippen LogP contribution in [0.25, 0.3) is 0 Å². The predicted molar refractivity (Wildman–Crippen MR) is 84.7 cm³/mol. The zero-order chi connectivity index (χ0) is 17.3. The Balaban J connectivity index is 2.25. The average molecular weight is 331 g/mol. The molecule has 3 rings (SSSR count). The van der Waals surface area contributed by atoms with Gasteiger partial charge in [-0.05, 0) is 17.5 Å². The van der Waals surface area contributed by atoms with Crippen LogP contribution in [0.4, 0.5) is 4.39 Å². The van der Waals surface area contributed by atoms with Crippen molar-refractivity contribution in [3.63, 3.8) is 0 Å². The van der Waals surface area contributed by atoms with Crippen molar-refractivity contribution in [1.82, 2.24) is 5.32 Å². The highest BCUT2D eigenvalue weighted by Crippen LogP contribution is 2.42. The third-order valence-electron chi connectivity index (χ3n) is 4.38. The van der Waals surface area contributed by atoms with E-state index >= 15 is 0 Å². The zero-order valence-electron chi connectivity index (χ0n) is 13.5. The normalized spacial score (nSPS) is 19.8. The van der Waals surface area contributed by atoms with Crippen LogP contribution < -0.4 is 5.32 Å². The van der Waals surface area contributed by atoms with Gasteiger partial charge in [0.15, 0.2) is 0 Å². The number of hydrogen-bond donors (Lipinski definition) is 1. The highest BCUT2D eigenvalue weighted by atomic mass is 19.1. The fourth-order valence-electron chi connectivity index (χ4n) is 3.29. The van der Waals surface area contributed by atoms with Crippen LogP contribution in [-0.2, 0) is 25.5 Å². The van der Waals surface area contributed by atoms with Gasteiger partial charge in [-0.15, -0.1) is 0 Å². The van der Waals surface area contributed by atoms with Crippen molar-refractivity contribution >= 4 is 11.9 Å². The van der Waals surface area contributed by atoms with Crippen LogP contribution in [0.15, 0.2) is 46.8 Å². The molecule has 0 aromatic heterocycles. The molecule has 6 heteroatoms. The van der Waals surface area contributed by atoms with Gasteiger partial charge in [0.1, 0.15) is 13.3 Å². The van der Waals surface area contributed by atoms with E-state index in [0.29, 0.717) is 11.3 Å². The number of ether oxygens (including phenoxy) is 2. The molecule has 1 N–H and O–H groups in total. The molecular formula is C18H18FNO4. The fraction of sp³-hybridized carbons (Fsp3) is 0.333. The molecule has 2 aliphatic rings. The second kappa shape index (κ2) is 6.47. The number of nitrogens with one attached hydrogen (secondary N) is 1. The molecule has 2 aliphatic heterocycles. The number of allylic oxidation sites excluding steroid dienone is 1. The first kappa shape index (κ1) is 16.2. The third-order valence-corrected chi connectivity index (χ3v) is 4.38. The van der Waals surface area contributed by atoms with Crippen molar-refractivity contribution in [2.24, 2.45) is 0 Å². The monoisotopic (exact) mass is 331 g/mol. The second-order valence-corrected chi connectivity index (χ2v) is 5.60. The van der Waals surface area contributed by atoms with Crippen LogP contribution in [0.5, 0.6) is 0 Å². The summed E-state index contributed by atoms with van der Waals surface area (Å²) in [7, 11) is 1.24. The summed E-state index contributed by atoms with van der Waals surface area (Å²) in [6.45, 7) is 1.18. The maximum atomic E-state index is 13.6. The van der Waals surface area contributed by atoms with Gasteiger partial charge in [0, 0.05) is 0 Å². The number of benzene rings is 1. The molecule has 0 saturated heterocycles. The minimum Gasteiger partial charge on any atom is -0.466 e. The molecule has 1 aromatic rings. The van der Waals surface area contributed by atoms with Crippen LogP contribution in [0.2, 0.25) is 0 Å². The van der Waals surface area contributed by atoms with E-state index in [0.717, 1.165) is 17.5 Å². The van der Waals surface area contributed by atoms with Gasteiger partial charge in [-0.1, -0.05) is 31.2 Å². The lowest BCUT2D eigenvalue weighted by Crippen LogP contribution is -2.32. The number of hydrogen-bond acceptors (Lipinski definition) is 5. The van der Waals surface area contributed by atoms with Crippen LogP contribution >= 0.6 is 0 Å². The van der Waals surface area contributed by atoms with E-state index in [1.54, 1.807) is 0 Å². The van der Waals surface area contributed by atoms with E-state index in [4.69, 9.17) is 9.47 Å². The zero-order valence-corrected chi connectivity index (χ0v) is 13.5. The third kappa shape index (κ3) is 2.48. The molecule has 1 aromatic carbocycles. The molecule has 2 heterocycles. The molecule has 0 spiro atoms. The molecule has 0 fully saturated rings. The molecular weight excluding hydrogens is 313 g/mol. The molecule has 1 atom stereocenters. The smallest absolute Gasteiger partial charge is 0.337 e. The summed E-state index contributed by atoms with van der Waals surface area (Å²) in [5.41, 5.74) is 2.88. The Labute approximate surface area is 139 Å². The van der Waals surface area contributed by atoms with Crippen molar-refractivity contribution in [1.29, 1.82) is 0 Å². The number of rotatable bonds is 4. The van der Waals surface area contributed by atoms with E-state index in [-0.39, 0.29) is 17.9 Å². The summed E-state index contributed by atoms with van der Waals surface area (Å²) >= 11 is 0. The average Bonchev–Trinajstić information content (AvgIpc) is 3.00. The summed E-state index contributed by atoms with van der Waals surface area (Å²) in [5, 5.41) is 2.84. The molecule has 126 valence electrons. The first-order valence-electron chi connectivity index (χ1n) is 7.74. The van der Waals surface area contributed by atoms with E-state index in [1.165, 1.54) is 7.11 Å². The van der Waals surface area contributed by atoms with Gasteiger partial charge >= 0.3 is 11.9 Å². The number of carbonyl (C=O) groups is 2. The Morgan fingerprint density at radius 3 is 2.83 bits per heavy atom. The van der Waals surface area contributed by atoms with Gasteiger partial charge in [0.25, 0.3) is 0 Å². The molecule has 0 saturated carbocycles. The van der Waals surface area contributed by atoms with Crippen molar-refractivity contribution in [3.8, 4) is 0 Å². The number of cyclic esters (lactones) is 1. The highest BCUT2D eigenvalue weighted by molar-refractivity contribution is 6.01. The Kier molecular flexibility index (Phi) is 4.38. The Hall–Kier alpha value is -2.63. The van der Waals surface area contributed by atoms with Crippen LogP contribution in [0, 0.1) is 0 Å². The van der Waals surface area contributed by atoms with Gasteiger partial charge in [-0.25, -0.2) is 14.0 Å². The summed E-state index contributed by atoms with van der Waals surface area (Å²) in [6.07, 6.45) is 0.719. The van der Waals surface area contributed by atoms with E-state index < -0.39 is 24.5 Å². The van der Waals surface area contributed by atoms with Crippen LogP contribution in [0.1, 0.15) is 24.0 Å².